The average molecular weight is 182 g/mol. The molecule has 0 saturated carbocycles. The molecule has 7 heteroatoms. The Morgan fingerprint density at radius 3 is 2.54 bits per heavy atom. The fourth-order valence-corrected chi connectivity index (χ4v) is 0.683. The van der Waals surface area contributed by atoms with Crippen molar-refractivity contribution in [2.45, 2.75) is 0 Å². The number of hydrogen-bond donors (Lipinski definition) is 3. The number of carbonyl (C=O) groups excluding carboxylic acids is 1. The van der Waals surface area contributed by atoms with Gasteiger partial charge < -0.3 is 16.6 Å². The van der Waals surface area contributed by atoms with E-state index in [4.69, 9.17) is 16.6 Å². The van der Waals surface area contributed by atoms with Crippen LogP contribution in [0.25, 0.3) is 0 Å². The van der Waals surface area contributed by atoms with Crippen molar-refractivity contribution in [3.63, 3.8) is 0 Å². The second-order valence-electron chi connectivity index (χ2n) is 2.16. The highest BCUT2D eigenvalue weighted by molar-refractivity contribution is 5.96. The summed E-state index contributed by atoms with van der Waals surface area (Å²) in [7, 11) is 0. The van der Waals surface area contributed by atoms with Gasteiger partial charge in [-0.1, -0.05) is 0 Å². The van der Waals surface area contributed by atoms with Gasteiger partial charge in [0.2, 0.25) is 0 Å². The summed E-state index contributed by atoms with van der Waals surface area (Å²) >= 11 is 0. The molecule has 0 radical (unpaired) electrons. The molecule has 0 aliphatic rings. The number of carboxylic acids is 1. The minimum atomic E-state index is -1.30. The van der Waals surface area contributed by atoms with Crippen molar-refractivity contribution < 1.29 is 14.7 Å². The number of hydrogen-bond acceptors (Lipinski definition) is 5. The normalized spacial score (nSPS) is 9.54. The summed E-state index contributed by atoms with van der Waals surface area (Å²) in [6.45, 7) is 0. The van der Waals surface area contributed by atoms with Gasteiger partial charge in [-0.3, -0.25) is 4.79 Å². The standard InChI is InChI=1S/C6H6N4O3/c7-4-3(5(8)11)10-2(1-9-4)6(12)13/h1H,(H2,7,9)(H2,8,11)(H,12,13). The van der Waals surface area contributed by atoms with Gasteiger partial charge in [0.1, 0.15) is 0 Å². The Labute approximate surface area is 72.4 Å². The van der Waals surface area contributed by atoms with Crippen molar-refractivity contribution in [1.29, 1.82) is 0 Å². The third-order valence-corrected chi connectivity index (χ3v) is 1.25. The van der Waals surface area contributed by atoms with E-state index in [0.717, 1.165) is 6.20 Å². The Hall–Kier alpha value is -2.18. The first-order chi connectivity index (χ1) is 6.02. The topological polar surface area (TPSA) is 132 Å². The third kappa shape index (κ3) is 1.70. The van der Waals surface area contributed by atoms with E-state index in [1.807, 2.05) is 0 Å². The predicted molar refractivity (Wildman–Crippen MR) is 41.9 cm³/mol. The molecule has 5 N–H and O–H groups in total. The summed E-state index contributed by atoms with van der Waals surface area (Å²) in [6.07, 6.45) is 0.949. The zero-order valence-corrected chi connectivity index (χ0v) is 6.39. The second kappa shape index (κ2) is 3.05. The molecule has 0 fully saturated rings. The molecular formula is C6H6N4O3. The molecule has 0 aliphatic carbocycles. The number of aromatic nitrogens is 2. The molecule has 0 spiro atoms. The maximum Gasteiger partial charge on any atom is 0.356 e. The summed E-state index contributed by atoms with van der Waals surface area (Å²) < 4.78 is 0. The van der Waals surface area contributed by atoms with Gasteiger partial charge in [-0.05, 0) is 0 Å². The van der Waals surface area contributed by atoms with Gasteiger partial charge in [-0.25, -0.2) is 14.8 Å². The van der Waals surface area contributed by atoms with Crippen LogP contribution in [0.1, 0.15) is 21.0 Å². The van der Waals surface area contributed by atoms with Crippen LogP contribution in [-0.2, 0) is 0 Å². The van der Waals surface area contributed by atoms with Crippen LogP contribution in [0.15, 0.2) is 6.20 Å². The SMILES string of the molecule is NC(=O)c1nc(C(=O)O)cnc1N. The number of carbonyl (C=O) groups is 2. The van der Waals surface area contributed by atoms with Crippen LogP contribution in [0.5, 0.6) is 0 Å². The van der Waals surface area contributed by atoms with Crippen LogP contribution in [-0.4, -0.2) is 27.0 Å². The van der Waals surface area contributed by atoms with E-state index in [0.29, 0.717) is 0 Å². The smallest absolute Gasteiger partial charge is 0.356 e. The van der Waals surface area contributed by atoms with Gasteiger partial charge in [-0.2, -0.15) is 0 Å². The second-order valence-corrected chi connectivity index (χ2v) is 2.16. The van der Waals surface area contributed by atoms with E-state index < -0.39 is 11.9 Å². The number of aromatic carboxylic acids is 1. The van der Waals surface area contributed by atoms with Crippen LogP contribution in [0, 0.1) is 0 Å². The molecule has 1 rings (SSSR count). The number of primary amides is 1. The first kappa shape index (κ1) is 8.91. The Morgan fingerprint density at radius 2 is 2.08 bits per heavy atom. The summed E-state index contributed by atoms with van der Waals surface area (Å²) in [5.41, 5.74) is 9.39. The summed E-state index contributed by atoms with van der Waals surface area (Å²) in [6, 6.07) is 0. The lowest BCUT2D eigenvalue weighted by molar-refractivity contribution is 0.0690. The number of anilines is 1. The molecule has 1 amide bonds. The van der Waals surface area contributed by atoms with Crippen molar-refractivity contribution in [2.24, 2.45) is 5.73 Å². The van der Waals surface area contributed by atoms with Crippen molar-refractivity contribution in [1.82, 2.24) is 9.97 Å². The van der Waals surface area contributed by atoms with Crippen LogP contribution in [0.3, 0.4) is 0 Å². The van der Waals surface area contributed by atoms with E-state index >= 15 is 0 Å². The van der Waals surface area contributed by atoms with Crippen molar-refractivity contribution >= 4 is 17.7 Å². The Balaban J connectivity index is 3.27. The highest BCUT2D eigenvalue weighted by Crippen LogP contribution is 2.04. The quantitative estimate of drug-likeness (QED) is 0.529. The number of carboxylic acid groups (broad SMARTS) is 1. The highest BCUT2D eigenvalue weighted by atomic mass is 16.4. The molecule has 0 saturated heterocycles. The maximum atomic E-state index is 10.6. The van der Waals surface area contributed by atoms with Gasteiger partial charge in [-0.15, -0.1) is 0 Å². The van der Waals surface area contributed by atoms with Gasteiger partial charge in [0.05, 0.1) is 6.20 Å². The summed E-state index contributed by atoms with van der Waals surface area (Å²) in [4.78, 5) is 27.9. The number of nitrogens with two attached hydrogens (primary N) is 2. The van der Waals surface area contributed by atoms with E-state index in [1.165, 1.54) is 0 Å². The number of nitrogens with zero attached hydrogens (tertiary/aromatic N) is 2. The van der Waals surface area contributed by atoms with Crippen molar-refractivity contribution in [3.8, 4) is 0 Å². The van der Waals surface area contributed by atoms with Crippen molar-refractivity contribution in [3.05, 3.63) is 17.6 Å². The first-order valence-electron chi connectivity index (χ1n) is 3.18. The number of amides is 1. The molecule has 1 aromatic rings. The molecule has 7 nitrogen and oxygen atoms in total. The van der Waals surface area contributed by atoms with Crippen LogP contribution in [0.4, 0.5) is 5.82 Å². The minimum Gasteiger partial charge on any atom is -0.476 e. The van der Waals surface area contributed by atoms with E-state index in [1.54, 1.807) is 0 Å². The molecule has 1 aromatic heterocycles. The fourth-order valence-electron chi connectivity index (χ4n) is 0.683. The Morgan fingerprint density at radius 1 is 1.46 bits per heavy atom. The zero-order valence-electron chi connectivity index (χ0n) is 6.39. The third-order valence-electron chi connectivity index (χ3n) is 1.25. The molecular weight excluding hydrogens is 176 g/mol. The Kier molecular flexibility index (Phi) is 2.09. The van der Waals surface area contributed by atoms with E-state index in [2.05, 4.69) is 9.97 Å². The average Bonchev–Trinajstić information content (AvgIpc) is 2.04. The van der Waals surface area contributed by atoms with Crippen LogP contribution in [0.2, 0.25) is 0 Å². The van der Waals surface area contributed by atoms with E-state index in [-0.39, 0.29) is 17.2 Å². The van der Waals surface area contributed by atoms with E-state index in [9.17, 15) is 9.59 Å². The van der Waals surface area contributed by atoms with Gasteiger partial charge in [0, 0.05) is 0 Å². The van der Waals surface area contributed by atoms with Crippen LogP contribution >= 0.6 is 0 Å². The molecule has 0 aliphatic heterocycles. The van der Waals surface area contributed by atoms with Crippen molar-refractivity contribution in [2.75, 3.05) is 5.73 Å². The summed E-state index contributed by atoms with van der Waals surface area (Å²) in [5, 5.41) is 8.49. The molecule has 68 valence electrons. The lowest BCUT2D eigenvalue weighted by Gasteiger charge is -1.99. The number of nitrogen functional groups attached to an aromatic ring is 1. The largest absolute Gasteiger partial charge is 0.476 e. The zero-order chi connectivity index (χ0) is 10.0. The first-order valence-corrected chi connectivity index (χ1v) is 3.18. The van der Waals surface area contributed by atoms with Gasteiger partial charge >= 0.3 is 5.97 Å². The molecule has 1 heterocycles. The molecule has 0 aromatic carbocycles. The van der Waals surface area contributed by atoms with Gasteiger partial charge in [0.15, 0.2) is 17.2 Å². The van der Waals surface area contributed by atoms with Crippen LogP contribution < -0.4 is 11.5 Å². The lowest BCUT2D eigenvalue weighted by Crippen LogP contribution is -2.18. The minimum absolute atomic E-state index is 0.183. The molecule has 0 unspecified atom stereocenters. The molecule has 0 atom stereocenters. The summed E-state index contributed by atoms with van der Waals surface area (Å²) in [5.74, 6) is -2.39. The predicted octanol–water partition coefficient (Wildman–Crippen LogP) is -1.14. The fraction of sp³-hybridized carbons (Fsp3) is 0. The Bertz CT molecular complexity index is 376. The number of rotatable bonds is 2. The highest BCUT2D eigenvalue weighted by Gasteiger charge is 2.13. The maximum absolute atomic E-state index is 10.6. The monoisotopic (exact) mass is 182 g/mol. The molecule has 0 bridgehead atoms. The van der Waals surface area contributed by atoms with Gasteiger partial charge in [0.25, 0.3) is 5.91 Å². The molecule has 13 heavy (non-hydrogen) atoms. The lowest BCUT2D eigenvalue weighted by atomic mass is 10.3.